The first-order chi connectivity index (χ1) is 12.1. The highest BCUT2D eigenvalue weighted by Gasteiger charge is 2.42. The molecule has 25 heavy (non-hydrogen) atoms. The molecular formula is C21H25BrO3. The number of ether oxygens (including phenoxy) is 3. The molecule has 0 N–H and O–H groups in total. The molecule has 3 rings (SSSR count). The first kappa shape index (κ1) is 18.3. The summed E-state index contributed by atoms with van der Waals surface area (Å²) >= 11 is 3.52. The van der Waals surface area contributed by atoms with Crippen LogP contribution >= 0.6 is 15.9 Å². The van der Waals surface area contributed by atoms with Gasteiger partial charge in [-0.05, 0) is 49.9 Å². The summed E-state index contributed by atoms with van der Waals surface area (Å²) < 4.78 is 17.7. The van der Waals surface area contributed by atoms with Gasteiger partial charge in [-0.25, -0.2) is 0 Å². The third-order valence-corrected chi connectivity index (χ3v) is 5.27. The second-order valence-corrected chi connectivity index (χ2v) is 7.72. The van der Waals surface area contributed by atoms with Crippen LogP contribution in [0.5, 0.6) is 11.5 Å². The zero-order valence-electron chi connectivity index (χ0n) is 15.0. The van der Waals surface area contributed by atoms with E-state index in [1.165, 1.54) is 11.1 Å². The molecule has 0 amide bonds. The number of fused-ring (bicyclic) bond motifs is 1. The van der Waals surface area contributed by atoms with Crippen LogP contribution in [0.15, 0.2) is 42.5 Å². The van der Waals surface area contributed by atoms with Crippen molar-refractivity contribution in [1.82, 2.24) is 0 Å². The minimum Gasteiger partial charge on any atom is -0.489 e. The lowest BCUT2D eigenvalue weighted by molar-refractivity contribution is -0.0779. The van der Waals surface area contributed by atoms with E-state index in [-0.39, 0.29) is 11.7 Å². The molecule has 0 saturated carbocycles. The lowest BCUT2D eigenvalue weighted by atomic mass is 9.84. The Morgan fingerprint density at radius 3 is 2.60 bits per heavy atom. The van der Waals surface area contributed by atoms with Crippen molar-refractivity contribution in [3.05, 3.63) is 59.2 Å². The quantitative estimate of drug-likeness (QED) is 0.590. The molecule has 1 unspecified atom stereocenters. The molecule has 2 aromatic carbocycles. The van der Waals surface area contributed by atoms with E-state index in [4.69, 9.17) is 14.2 Å². The highest BCUT2D eigenvalue weighted by molar-refractivity contribution is 9.09. The van der Waals surface area contributed by atoms with E-state index < -0.39 is 0 Å². The second kappa shape index (κ2) is 7.79. The van der Waals surface area contributed by atoms with Crippen molar-refractivity contribution < 1.29 is 14.2 Å². The minimum atomic E-state index is -0.268. The molecule has 0 bridgehead atoms. The molecule has 0 spiro atoms. The van der Waals surface area contributed by atoms with E-state index in [1.54, 1.807) is 7.11 Å². The van der Waals surface area contributed by atoms with Crippen LogP contribution in [0.25, 0.3) is 0 Å². The van der Waals surface area contributed by atoms with Crippen molar-refractivity contribution in [2.75, 3.05) is 12.4 Å². The molecule has 0 fully saturated rings. The Kier molecular flexibility index (Phi) is 5.70. The zero-order valence-corrected chi connectivity index (χ0v) is 16.6. The van der Waals surface area contributed by atoms with Gasteiger partial charge in [0.25, 0.3) is 0 Å². The molecular weight excluding hydrogens is 380 g/mol. The van der Waals surface area contributed by atoms with Crippen LogP contribution in [0, 0.1) is 0 Å². The second-order valence-electron chi connectivity index (χ2n) is 6.93. The highest BCUT2D eigenvalue weighted by Crippen LogP contribution is 2.46. The molecule has 1 atom stereocenters. The largest absolute Gasteiger partial charge is 0.489 e. The molecule has 0 aromatic heterocycles. The summed E-state index contributed by atoms with van der Waals surface area (Å²) in [4.78, 5) is 0. The van der Waals surface area contributed by atoms with Gasteiger partial charge < -0.3 is 14.2 Å². The maximum absolute atomic E-state index is 6.20. The Bertz CT molecular complexity index is 713. The van der Waals surface area contributed by atoms with Crippen LogP contribution < -0.4 is 9.47 Å². The first-order valence-electron chi connectivity index (χ1n) is 8.66. The number of methoxy groups -OCH3 is 1. The van der Waals surface area contributed by atoms with Gasteiger partial charge in [-0.3, -0.25) is 0 Å². The number of hydrogen-bond donors (Lipinski definition) is 0. The third-order valence-electron chi connectivity index (χ3n) is 4.71. The average Bonchev–Trinajstić information content (AvgIpc) is 2.88. The number of halogens is 1. The third kappa shape index (κ3) is 3.85. The summed E-state index contributed by atoms with van der Waals surface area (Å²) in [5.74, 6) is 1.85. The summed E-state index contributed by atoms with van der Waals surface area (Å²) in [6.07, 6.45) is 1.73. The van der Waals surface area contributed by atoms with Crippen LogP contribution in [-0.2, 0) is 23.2 Å². The Balaban J connectivity index is 1.90. The predicted octanol–water partition coefficient (Wildman–Crippen LogP) is 5.24. The van der Waals surface area contributed by atoms with Crippen molar-refractivity contribution >= 4 is 15.9 Å². The lowest BCUT2D eigenvalue weighted by Gasteiger charge is -2.24. The molecule has 1 aliphatic rings. The van der Waals surface area contributed by atoms with Gasteiger partial charge in [-0.2, -0.15) is 0 Å². The topological polar surface area (TPSA) is 27.7 Å². The summed E-state index contributed by atoms with van der Waals surface area (Å²) in [6, 6.07) is 14.5. The summed E-state index contributed by atoms with van der Waals surface area (Å²) in [5, 5.41) is 0.968. The van der Waals surface area contributed by atoms with Gasteiger partial charge in [-0.1, -0.05) is 46.3 Å². The van der Waals surface area contributed by atoms with Crippen molar-refractivity contribution in [3.63, 3.8) is 0 Å². The van der Waals surface area contributed by atoms with Gasteiger partial charge in [0.15, 0.2) is 0 Å². The van der Waals surface area contributed by atoms with Crippen molar-refractivity contribution in [2.24, 2.45) is 0 Å². The van der Waals surface area contributed by atoms with E-state index >= 15 is 0 Å². The van der Waals surface area contributed by atoms with Gasteiger partial charge in [0.05, 0.1) is 5.41 Å². The van der Waals surface area contributed by atoms with Gasteiger partial charge in [0.2, 0.25) is 6.29 Å². The van der Waals surface area contributed by atoms with Gasteiger partial charge >= 0.3 is 0 Å². The van der Waals surface area contributed by atoms with Crippen LogP contribution in [-0.4, -0.2) is 18.7 Å². The molecule has 1 heterocycles. The Hall–Kier alpha value is -1.52. The van der Waals surface area contributed by atoms with Crippen molar-refractivity contribution in [3.8, 4) is 11.5 Å². The first-order valence-corrected chi connectivity index (χ1v) is 9.78. The average molecular weight is 405 g/mol. The fraction of sp³-hybridized carbons (Fsp3) is 0.429. The van der Waals surface area contributed by atoms with Crippen LogP contribution in [0.1, 0.15) is 37.0 Å². The summed E-state index contributed by atoms with van der Waals surface area (Å²) in [5.41, 5.74) is 3.29. The Morgan fingerprint density at radius 1 is 1.16 bits per heavy atom. The van der Waals surface area contributed by atoms with Crippen LogP contribution in [0.4, 0.5) is 0 Å². The van der Waals surface area contributed by atoms with Crippen LogP contribution in [0.3, 0.4) is 0 Å². The number of rotatable bonds is 7. The van der Waals surface area contributed by atoms with Crippen LogP contribution in [0.2, 0.25) is 0 Å². The molecule has 0 saturated heterocycles. The molecule has 1 aliphatic heterocycles. The monoisotopic (exact) mass is 404 g/mol. The highest BCUT2D eigenvalue weighted by atomic mass is 79.9. The maximum atomic E-state index is 6.20. The van der Waals surface area contributed by atoms with E-state index in [1.807, 2.05) is 18.2 Å². The minimum absolute atomic E-state index is 0.205. The van der Waals surface area contributed by atoms with Gasteiger partial charge in [0.1, 0.15) is 18.1 Å². The standard InChI is InChI=1S/C21H25BrO3/c1-21(2)17-13-18(24-14-15-8-5-4-6-9-15)16(10-7-11-22)12-19(17)25-20(21)23-3/h4-6,8-9,12-13,20H,7,10-11,14H2,1-3H3. The number of hydrogen-bond acceptors (Lipinski definition) is 3. The van der Waals surface area contributed by atoms with Crippen molar-refractivity contribution in [2.45, 2.75) is 45.0 Å². The predicted molar refractivity (Wildman–Crippen MR) is 104 cm³/mol. The molecule has 4 heteroatoms. The summed E-state index contributed by atoms with van der Waals surface area (Å²) in [7, 11) is 1.69. The molecule has 2 aromatic rings. The van der Waals surface area contributed by atoms with Gasteiger partial charge in [0, 0.05) is 18.0 Å². The fourth-order valence-corrected chi connectivity index (χ4v) is 3.54. The van der Waals surface area contributed by atoms with E-state index in [0.717, 1.165) is 35.2 Å². The molecule has 134 valence electrons. The summed E-state index contributed by atoms with van der Waals surface area (Å²) in [6.45, 7) is 4.86. The Labute approximate surface area is 158 Å². The molecule has 3 nitrogen and oxygen atoms in total. The fourth-order valence-electron chi connectivity index (χ4n) is 3.26. The Morgan fingerprint density at radius 2 is 1.92 bits per heavy atom. The van der Waals surface area contributed by atoms with E-state index in [9.17, 15) is 0 Å². The molecule has 0 radical (unpaired) electrons. The molecule has 0 aliphatic carbocycles. The van der Waals surface area contributed by atoms with Gasteiger partial charge in [-0.15, -0.1) is 0 Å². The number of aryl methyl sites for hydroxylation is 1. The smallest absolute Gasteiger partial charge is 0.208 e. The zero-order chi connectivity index (χ0) is 17.9. The lowest BCUT2D eigenvalue weighted by Crippen LogP contribution is -2.33. The number of alkyl halides is 1. The van der Waals surface area contributed by atoms with E-state index in [0.29, 0.717) is 6.61 Å². The maximum Gasteiger partial charge on any atom is 0.208 e. The van der Waals surface area contributed by atoms with Crippen molar-refractivity contribution in [1.29, 1.82) is 0 Å². The van der Waals surface area contributed by atoms with E-state index in [2.05, 4.69) is 54.0 Å². The number of benzene rings is 2. The normalized spacial score (nSPS) is 17.8. The SMILES string of the molecule is COC1Oc2cc(CCCBr)c(OCc3ccccc3)cc2C1(C)C.